The second kappa shape index (κ2) is 6.26. The number of anilines is 3. The van der Waals surface area contributed by atoms with E-state index in [-0.39, 0.29) is 0 Å². The van der Waals surface area contributed by atoms with Crippen LogP contribution in [0.1, 0.15) is 31.2 Å². The van der Waals surface area contributed by atoms with Crippen LogP contribution in [-0.2, 0) is 0 Å². The molecule has 1 saturated carbocycles. The van der Waals surface area contributed by atoms with Gasteiger partial charge in [0.1, 0.15) is 0 Å². The van der Waals surface area contributed by atoms with Gasteiger partial charge in [-0.05, 0) is 37.5 Å². The maximum Gasteiger partial charge on any atom is 0.244 e. The van der Waals surface area contributed by atoms with Gasteiger partial charge in [-0.15, -0.1) is 5.10 Å². The van der Waals surface area contributed by atoms with E-state index >= 15 is 0 Å². The van der Waals surface area contributed by atoms with Crippen molar-refractivity contribution < 1.29 is 0 Å². The fraction of sp³-hybridized carbons (Fsp3) is 0.400. The van der Waals surface area contributed by atoms with Gasteiger partial charge in [-0.1, -0.05) is 30.5 Å². The Kier molecular flexibility index (Phi) is 4.20. The molecule has 21 heavy (non-hydrogen) atoms. The molecule has 6 heteroatoms. The van der Waals surface area contributed by atoms with Crippen LogP contribution in [0.4, 0.5) is 17.5 Å². The summed E-state index contributed by atoms with van der Waals surface area (Å²) in [6.07, 6.45) is 6.49. The van der Waals surface area contributed by atoms with E-state index in [1.165, 1.54) is 25.7 Å². The number of nitrogens with zero attached hydrogens (tertiary/aromatic N) is 3. The number of hydrogen-bond acceptors (Lipinski definition) is 5. The predicted molar refractivity (Wildman–Crippen MR) is 85.2 cm³/mol. The zero-order valence-corrected chi connectivity index (χ0v) is 12.7. The Balaban J connectivity index is 1.71. The van der Waals surface area contributed by atoms with Crippen molar-refractivity contribution in [2.24, 2.45) is 0 Å². The highest BCUT2D eigenvalue weighted by molar-refractivity contribution is 6.31. The summed E-state index contributed by atoms with van der Waals surface area (Å²) in [5, 5.41) is 15.3. The lowest BCUT2D eigenvalue weighted by Gasteiger charge is -2.12. The highest BCUT2D eigenvalue weighted by Gasteiger charge is 2.15. The van der Waals surface area contributed by atoms with Gasteiger partial charge in [-0.25, -0.2) is 0 Å². The molecule has 2 N–H and O–H groups in total. The first-order valence-electron chi connectivity index (χ1n) is 7.20. The molecular weight excluding hydrogens is 286 g/mol. The number of hydrogen-bond donors (Lipinski definition) is 2. The minimum atomic E-state index is 0.468. The van der Waals surface area contributed by atoms with Gasteiger partial charge in [-0.3, -0.25) is 0 Å². The van der Waals surface area contributed by atoms with E-state index < -0.39 is 0 Å². The molecule has 1 aliphatic carbocycles. The van der Waals surface area contributed by atoms with Gasteiger partial charge in [0.2, 0.25) is 5.95 Å². The highest BCUT2D eigenvalue weighted by Crippen LogP contribution is 2.23. The molecule has 0 atom stereocenters. The lowest BCUT2D eigenvalue weighted by Crippen LogP contribution is -2.17. The summed E-state index contributed by atoms with van der Waals surface area (Å²) in [6, 6.07) is 6.28. The Labute approximate surface area is 129 Å². The van der Waals surface area contributed by atoms with Crippen LogP contribution in [-0.4, -0.2) is 21.2 Å². The van der Waals surface area contributed by atoms with E-state index in [0.717, 1.165) is 16.3 Å². The molecule has 0 radical (unpaired) electrons. The van der Waals surface area contributed by atoms with Crippen LogP contribution < -0.4 is 10.6 Å². The average molecular weight is 304 g/mol. The molecule has 2 aromatic rings. The standard InChI is InChI=1S/C15H18ClN5/c1-10-6-7-12(8-13(10)16)18-14-9-17-21-15(20-14)19-11-4-2-3-5-11/h6-9,11H,2-5H2,1H3,(H2,18,19,20,21). The summed E-state index contributed by atoms with van der Waals surface area (Å²) in [5.41, 5.74) is 1.93. The first-order chi connectivity index (χ1) is 10.2. The Morgan fingerprint density at radius 1 is 1.24 bits per heavy atom. The third-order valence-corrected chi connectivity index (χ3v) is 4.10. The number of aromatic nitrogens is 3. The van der Waals surface area contributed by atoms with Gasteiger partial charge in [-0.2, -0.15) is 10.1 Å². The second-order valence-electron chi connectivity index (χ2n) is 5.38. The molecule has 0 spiro atoms. The van der Waals surface area contributed by atoms with Crippen molar-refractivity contribution in [1.82, 2.24) is 15.2 Å². The normalized spacial score (nSPS) is 15.1. The Hall–Kier alpha value is -1.88. The molecule has 0 aliphatic heterocycles. The summed E-state index contributed by atoms with van der Waals surface area (Å²) in [5.74, 6) is 1.23. The summed E-state index contributed by atoms with van der Waals surface area (Å²) in [6.45, 7) is 1.97. The Morgan fingerprint density at radius 2 is 2.05 bits per heavy atom. The zero-order valence-electron chi connectivity index (χ0n) is 11.9. The number of rotatable bonds is 4. The van der Waals surface area contributed by atoms with E-state index in [1.807, 2.05) is 25.1 Å². The number of aryl methyl sites for hydroxylation is 1. The largest absolute Gasteiger partial charge is 0.350 e. The van der Waals surface area contributed by atoms with Crippen molar-refractivity contribution in [2.75, 3.05) is 10.6 Å². The monoisotopic (exact) mass is 303 g/mol. The van der Waals surface area contributed by atoms with Crippen LogP contribution in [0.25, 0.3) is 0 Å². The average Bonchev–Trinajstić information content (AvgIpc) is 2.96. The van der Waals surface area contributed by atoms with Gasteiger partial charge in [0.25, 0.3) is 0 Å². The molecule has 1 heterocycles. The third kappa shape index (κ3) is 3.61. The first kappa shape index (κ1) is 14.1. The van der Waals surface area contributed by atoms with Gasteiger partial charge < -0.3 is 10.6 Å². The van der Waals surface area contributed by atoms with Crippen LogP contribution in [0.2, 0.25) is 5.02 Å². The molecule has 110 valence electrons. The molecule has 3 rings (SSSR count). The van der Waals surface area contributed by atoms with Crippen molar-refractivity contribution in [3.05, 3.63) is 35.0 Å². The smallest absolute Gasteiger partial charge is 0.244 e. The predicted octanol–water partition coefficient (Wildman–Crippen LogP) is 3.93. The molecule has 1 aliphatic rings. The molecule has 0 saturated heterocycles. The molecule has 0 unspecified atom stereocenters. The molecule has 1 fully saturated rings. The van der Waals surface area contributed by atoms with Crippen molar-refractivity contribution in [2.45, 2.75) is 38.6 Å². The lowest BCUT2D eigenvalue weighted by atomic mass is 10.2. The van der Waals surface area contributed by atoms with Gasteiger partial charge >= 0.3 is 0 Å². The summed E-state index contributed by atoms with van der Waals surface area (Å²) >= 11 is 6.12. The van der Waals surface area contributed by atoms with E-state index in [2.05, 4.69) is 25.8 Å². The van der Waals surface area contributed by atoms with Crippen molar-refractivity contribution >= 4 is 29.1 Å². The van der Waals surface area contributed by atoms with Gasteiger partial charge in [0.05, 0.1) is 6.20 Å². The maximum absolute atomic E-state index is 6.12. The number of nitrogens with one attached hydrogen (secondary N) is 2. The van der Waals surface area contributed by atoms with Crippen molar-refractivity contribution in [3.63, 3.8) is 0 Å². The Morgan fingerprint density at radius 3 is 2.81 bits per heavy atom. The number of benzene rings is 1. The summed E-state index contributed by atoms with van der Waals surface area (Å²) < 4.78 is 0. The maximum atomic E-state index is 6.12. The topological polar surface area (TPSA) is 62.7 Å². The third-order valence-electron chi connectivity index (χ3n) is 3.69. The second-order valence-corrected chi connectivity index (χ2v) is 5.79. The van der Waals surface area contributed by atoms with E-state index in [9.17, 15) is 0 Å². The van der Waals surface area contributed by atoms with Crippen molar-refractivity contribution in [1.29, 1.82) is 0 Å². The van der Waals surface area contributed by atoms with E-state index in [1.54, 1.807) is 6.20 Å². The quantitative estimate of drug-likeness (QED) is 0.896. The molecule has 0 bridgehead atoms. The van der Waals surface area contributed by atoms with Gasteiger partial charge in [0, 0.05) is 16.8 Å². The van der Waals surface area contributed by atoms with Crippen LogP contribution in [0, 0.1) is 6.92 Å². The fourth-order valence-electron chi connectivity index (χ4n) is 2.50. The molecular formula is C15H18ClN5. The SMILES string of the molecule is Cc1ccc(Nc2cnnc(NC3CCCC3)n2)cc1Cl. The Bertz CT molecular complexity index is 625. The van der Waals surface area contributed by atoms with Crippen LogP contribution >= 0.6 is 11.6 Å². The molecule has 1 aromatic carbocycles. The minimum absolute atomic E-state index is 0.468. The lowest BCUT2D eigenvalue weighted by molar-refractivity contribution is 0.738. The summed E-state index contributed by atoms with van der Waals surface area (Å²) in [7, 11) is 0. The van der Waals surface area contributed by atoms with Crippen molar-refractivity contribution in [3.8, 4) is 0 Å². The highest BCUT2D eigenvalue weighted by atomic mass is 35.5. The summed E-state index contributed by atoms with van der Waals surface area (Å²) in [4.78, 5) is 4.44. The number of halogens is 1. The molecule has 0 amide bonds. The van der Waals surface area contributed by atoms with E-state index in [0.29, 0.717) is 17.8 Å². The van der Waals surface area contributed by atoms with Crippen LogP contribution in [0.3, 0.4) is 0 Å². The van der Waals surface area contributed by atoms with E-state index in [4.69, 9.17) is 11.6 Å². The molecule has 1 aromatic heterocycles. The zero-order chi connectivity index (χ0) is 14.7. The van der Waals surface area contributed by atoms with Gasteiger partial charge in [0.15, 0.2) is 5.82 Å². The van der Waals surface area contributed by atoms with Crippen LogP contribution in [0.5, 0.6) is 0 Å². The van der Waals surface area contributed by atoms with Crippen LogP contribution in [0.15, 0.2) is 24.4 Å². The molecule has 5 nitrogen and oxygen atoms in total. The minimum Gasteiger partial charge on any atom is -0.350 e. The fourth-order valence-corrected chi connectivity index (χ4v) is 2.68. The first-order valence-corrected chi connectivity index (χ1v) is 7.58.